The van der Waals surface area contributed by atoms with Gasteiger partial charge in [-0.3, -0.25) is 9.69 Å². The summed E-state index contributed by atoms with van der Waals surface area (Å²) in [4.78, 5) is 14.7. The highest BCUT2D eigenvalue weighted by molar-refractivity contribution is 6.31. The van der Waals surface area contributed by atoms with E-state index in [4.69, 9.17) is 21.1 Å². The quantitative estimate of drug-likeness (QED) is 0.673. The van der Waals surface area contributed by atoms with Crippen LogP contribution in [0.4, 0.5) is 4.39 Å². The molecule has 0 radical (unpaired) electrons. The van der Waals surface area contributed by atoms with Crippen LogP contribution in [0.1, 0.15) is 25.3 Å². The number of ether oxygens (including phenoxy) is 2. The van der Waals surface area contributed by atoms with Crippen LogP contribution in [0.15, 0.2) is 42.5 Å². The second kappa shape index (κ2) is 10.6. The van der Waals surface area contributed by atoms with E-state index >= 15 is 0 Å². The molecule has 162 valence electrons. The Morgan fingerprint density at radius 1 is 1.20 bits per heavy atom. The van der Waals surface area contributed by atoms with Crippen molar-refractivity contribution in [1.29, 1.82) is 0 Å². The van der Waals surface area contributed by atoms with Crippen molar-refractivity contribution < 1.29 is 18.7 Å². The van der Waals surface area contributed by atoms with E-state index in [9.17, 15) is 9.18 Å². The molecule has 7 heteroatoms. The number of carbonyl (C=O) groups excluding carboxylic acids is 1. The number of hydrogen-bond acceptors (Lipinski definition) is 4. The third kappa shape index (κ3) is 6.09. The Bertz CT molecular complexity index is 819. The SMILES string of the molecule is COc1ccc(OC[C@@H](C)NC(=O)C2CCN(Cc3c(F)cccc3Cl)CC2)cc1. The molecule has 3 rings (SSSR count). The smallest absolute Gasteiger partial charge is 0.223 e. The normalized spacial score (nSPS) is 16.1. The van der Waals surface area contributed by atoms with E-state index in [2.05, 4.69) is 10.2 Å². The Hall–Kier alpha value is -2.31. The van der Waals surface area contributed by atoms with Crippen LogP contribution in [0.2, 0.25) is 5.02 Å². The molecule has 1 aliphatic rings. The number of methoxy groups -OCH3 is 1. The van der Waals surface area contributed by atoms with Crippen LogP contribution < -0.4 is 14.8 Å². The fraction of sp³-hybridized carbons (Fsp3) is 0.435. The Morgan fingerprint density at radius 3 is 2.50 bits per heavy atom. The van der Waals surface area contributed by atoms with E-state index in [-0.39, 0.29) is 23.7 Å². The van der Waals surface area contributed by atoms with Crippen LogP contribution >= 0.6 is 11.6 Å². The molecule has 1 heterocycles. The van der Waals surface area contributed by atoms with Gasteiger partial charge in [0.2, 0.25) is 5.91 Å². The third-order valence-electron chi connectivity index (χ3n) is 5.35. The molecule has 2 aromatic carbocycles. The largest absolute Gasteiger partial charge is 0.497 e. The van der Waals surface area contributed by atoms with E-state index in [1.807, 2.05) is 31.2 Å². The predicted molar refractivity (Wildman–Crippen MR) is 116 cm³/mol. The van der Waals surface area contributed by atoms with Crippen molar-refractivity contribution in [2.75, 3.05) is 26.8 Å². The summed E-state index contributed by atoms with van der Waals surface area (Å²) in [5, 5.41) is 3.48. The van der Waals surface area contributed by atoms with E-state index in [1.165, 1.54) is 6.07 Å². The van der Waals surface area contributed by atoms with Gasteiger partial charge in [0.1, 0.15) is 23.9 Å². The van der Waals surface area contributed by atoms with E-state index in [0.29, 0.717) is 23.7 Å². The number of piperidine rings is 1. The zero-order chi connectivity index (χ0) is 21.5. The van der Waals surface area contributed by atoms with Gasteiger partial charge in [-0.05, 0) is 69.3 Å². The lowest BCUT2D eigenvalue weighted by atomic mass is 9.95. The number of hydrogen-bond donors (Lipinski definition) is 1. The van der Waals surface area contributed by atoms with E-state index < -0.39 is 0 Å². The summed E-state index contributed by atoms with van der Waals surface area (Å²) in [5.41, 5.74) is 0.520. The molecule has 0 aliphatic carbocycles. The molecule has 1 fully saturated rings. The minimum Gasteiger partial charge on any atom is -0.497 e. The van der Waals surface area contributed by atoms with Gasteiger partial charge in [0.05, 0.1) is 13.2 Å². The average Bonchev–Trinajstić information content (AvgIpc) is 2.75. The number of nitrogens with one attached hydrogen (secondary N) is 1. The molecule has 0 saturated carbocycles. The molecule has 1 amide bonds. The second-order valence-electron chi connectivity index (χ2n) is 7.65. The summed E-state index contributed by atoms with van der Waals surface area (Å²) in [7, 11) is 1.62. The predicted octanol–water partition coefficient (Wildman–Crippen LogP) is 4.28. The highest BCUT2D eigenvalue weighted by Gasteiger charge is 2.26. The van der Waals surface area contributed by atoms with Crippen LogP contribution in [-0.4, -0.2) is 43.7 Å². The summed E-state index contributed by atoms with van der Waals surface area (Å²) in [5.74, 6) is 1.22. The maximum Gasteiger partial charge on any atom is 0.223 e. The lowest BCUT2D eigenvalue weighted by molar-refractivity contribution is -0.127. The summed E-state index contributed by atoms with van der Waals surface area (Å²) in [6, 6.07) is 12.0. The highest BCUT2D eigenvalue weighted by Crippen LogP contribution is 2.24. The number of benzene rings is 2. The molecule has 2 aromatic rings. The Labute approximate surface area is 182 Å². The van der Waals surface area contributed by atoms with Crippen molar-refractivity contribution in [1.82, 2.24) is 10.2 Å². The molecule has 1 N–H and O–H groups in total. The first-order valence-corrected chi connectivity index (χ1v) is 10.6. The Balaban J connectivity index is 1.41. The number of likely N-dealkylation sites (tertiary alicyclic amines) is 1. The third-order valence-corrected chi connectivity index (χ3v) is 5.70. The number of nitrogens with zero attached hydrogens (tertiary/aromatic N) is 1. The molecule has 1 aliphatic heterocycles. The molecule has 1 saturated heterocycles. The zero-order valence-corrected chi connectivity index (χ0v) is 18.1. The van der Waals surface area contributed by atoms with Crippen molar-refractivity contribution >= 4 is 17.5 Å². The minimum absolute atomic E-state index is 0.0409. The molecule has 0 aromatic heterocycles. The monoisotopic (exact) mass is 434 g/mol. The summed E-state index contributed by atoms with van der Waals surface area (Å²) in [6.45, 7) is 4.25. The van der Waals surface area contributed by atoms with Gasteiger partial charge in [-0.25, -0.2) is 4.39 Å². The molecule has 0 unspecified atom stereocenters. The van der Waals surface area contributed by atoms with Crippen molar-refractivity contribution in [3.8, 4) is 11.5 Å². The summed E-state index contributed by atoms with van der Waals surface area (Å²) >= 11 is 6.13. The van der Waals surface area contributed by atoms with Gasteiger partial charge < -0.3 is 14.8 Å². The Morgan fingerprint density at radius 2 is 1.87 bits per heavy atom. The summed E-state index contributed by atoms with van der Waals surface area (Å²) < 4.78 is 24.9. The van der Waals surface area contributed by atoms with Gasteiger partial charge in [0.25, 0.3) is 0 Å². The standard InChI is InChI=1S/C23H28ClFN2O3/c1-16(15-30-19-8-6-18(29-2)7-9-19)26-23(28)17-10-12-27(13-11-17)14-20-21(24)4-3-5-22(20)25/h3-9,16-17H,10-15H2,1-2H3,(H,26,28)/t16-/m1/s1. The minimum atomic E-state index is -0.284. The van der Waals surface area contributed by atoms with E-state index in [1.54, 1.807) is 19.2 Å². The number of carbonyl (C=O) groups is 1. The fourth-order valence-corrected chi connectivity index (χ4v) is 3.78. The topological polar surface area (TPSA) is 50.8 Å². The fourth-order valence-electron chi connectivity index (χ4n) is 3.56. The van der Waals surface area contributed by atoms with Crippen LogP contribution in [0, 0.1) is 11.7 Å². The molecule has 0 bridgehead atoms. The van der Waals surface area contributed by atoms with Crippen molar-refractivity contribution in [3.63, 3.8) is 0 Å². The highest BCUT2D eigenvalue weighted by atomic mass is 35.5. The van der Waals surface area contributed by atoms with Crippen molar-refractivity contribution in [3.05, 3.63) is 58.9 Å². The average molecular weight is 435 g/mol. The second-order valence-corrected chi connectivity index (χ2v) is 8.05. The molecule has 0 spiro atoms. The van der Waals surface area contributed by atoms with Gasteiger partial charge >= 0.3 is 0 Å². The van der Waals surface area contributed by atoms with Crippen LogP contribution in [0.3, 0.4) is 0 Å². The lowest BCUT2D eigenvalue weighted by Gasteiger charge is -2.32. The molecule has 30 heavy (non-hydrogen) atoms. The van der Waals surface area contributed by atoms with Gasteiger partial charge in [-0.2, -0.15) is 0 Å². The molecule has 5 nitrogen and oxygen atoms in total. The van der Waals surface area contributed by atoms with Crippen molar-refractivity contribution in [2.24, 2.45) is 5.92 Å². The van der Waals surface area contributed by atoms with Gasteiger partial charge in [-0.15, -0.1) is 0 Å². The van der Waals surface area contributed by atoms with Gasteiger partial charge in [0.15, 0.2) is 0 Å². The number of rotatable bonds is 8. The van der Waals surface area contributed by atoms with Gasteiger partial charge in [0, 0.05) is 23.0 Å². The molecular weight excluding hydrogens is 407 g/mol. The molecular formula is C23H28ClFN2O3. The van der Waals surface area contributed by atoms with Crippen LogP contribution in [-0.2, 0) is 11.3 Å². The maximum atomic E-state index is 14.0. The van der Waals surface area contributed by atoms with E-state index in [0.717, 1.165) is 37.4 Å². The van der Waals surface area contributed by atoms with Crippen LogP contribution in [0.5, 0.6) is 11.5 Å². The first kappa shape index (κ1) is 22.4. The first-order chi connectivity index (χ1) is 14.5. The van der Waals surface area contributed by atoms with Gasteiger partial charge in [-0.1, -0.05) is 17.7 Å². The first-order valence-electron chi connectivity index (χ1n) is 10.2. The number of halogens is 2. The number of amides is 1. The summed E-state index contributed by atoms with van der Waals surface area (Å²) in [6.07, 6.45) is 1.48. The van der Waals surface area contributed by atoms with Crippen LogP contribution in [0.25, 0.3) is 0 Å². The van der Waals surface area contributed by atoms with Crippen molar-refractivity contribution in [2.45, 2.75) is 32.4 Å². The zero-order valence-electron chi connectivity index (χ0n) is 17.4. The molecule has 1 atom stereocenters. The Kier molecular flexibility index (Phi) is 7.94. The lowest BCUT2D eigenvalue weighted by Crippen LogP contribution is -2.44. The maximum absolute atomic E-state index is 14.0.